The topological polar surface area (TPSA) is 75.3 Å². The van der Waals surface area contributed by atoms with Gasteiger partial charge in [0.2, 0.25) is 5.91 Å². The first-order chi connectivity index (χ1) is 14.2. The molecule has 6 nitrogen and oxygen atoms in total. The Bertz CT molecular complexity index is 950. The molecule has 5 rings (SSSR count). The van der Waals surface area contributed by atoms with Gasteiger partial charge >= 0.3 is 0 Å². The standard InChI is InChI=1S/C23H29N3O3/c27-22(12-17-11-15-7-8-16(17)10-15)26(13-18-4-3-9-29-18)14-21-24-20-6-2-1-5-19(20)23(28)25-21/h1-2,5-6,15-18H,3-4,7-14H2,(H,24,25,28). The lowest BCUT2D eigenvalue weighted by molar-refractivity contribution is -0.135. The molecule has 1 aromatic carbocycles. The summed E-state index contributed by atoms with van der Waals surface area (Å²) in [4.78, 5) is 35.1. The van der Waals surface area contributed by atoms with E-state index in [4.69, 9.17) is 4.74 Å². The van der Waals surface area contributed by atoms with Crippen LogP contribution in [-0.2, 0) is 16.1 Å². The fourth-order valence-corrected chi connectivity index (χ4v) is 5.66. The average molecular weight is 396 g/mol. The lowest BCUT2D eigenvalue weighted by Gasteiger charge is -2.28. The number of carbonyl (C=O) groups is 1. The molecule has 0 radical (unpaired) electrons. The monoisotopic (exact) mass is 395 g/mol. The number of H-pyrrole nitrogens is 1. The Morgan fingerprint density at radius 3 is 2.86 bits per heavy atom. The normalized spacial score (nSPS) is 28.3. The van der Waals surface area contributed by atoms with Gasteiger partial charge in [-0.25, -0.2) is 4.98 Å². The van der Waals surface area contributed by atoms with Gasteiger partial charge in [0.25, 0.3) is 5.56 Å². The highest BCUT2D eigenvalue weighted by molar-refractivity contribution is 5.78. The molecule has 2 heterocycles. The molecule has 1 amide bonds. The second kappa shape index (κ2) is 7.90. The molecule has 4 atom stereocenters. The van der Waals surface area contributed by atoms with Crippen molar-refractivity contribution in [2.45, 2.75) is 57.6 Å². The van der Waals surface area contributed by atoms with Crippen LogP contribution in [-0.4, -0.2) is 40.0 Å². The number of carbonyl (C=O) groups excluding carboxylic acids is 1. The van der Waals surface area contributed by atoms with Crippen molar-refractivity contribution in [1.29, 1.82) is 0 Å². The van der Waals surface area contributed by atoms with Crippen LogP contribution in [0.15, 0.2) is 29.1 Å². The van der Waals surface area contributed by atoms with Gasteiger partial charge in [-0.05, 0) is 62.0 Å². The van der Waals surface area contributed by atoms with Gasteiger partial charge in [0.1, 0.15) is 5.82 Å². The van der Waals surface area contributed by atoms with Gasteiger partial charge in [0.15, 0.2) is 0 Å². The maximum Gasteiger partial charge on any atom is 0.258 e. The van der Waals surface area contributed by atoms with Gasteiger partial charge in [0, 0.05) is 19.6 Å². The molecule has 4 unspecified atom stereocenters. The zero-order valence-electron chi connectivity index (χ0n) is 16.8. The largest absolute Gasteiger partial charge is 0.376 e. The lowest BCUT2D eigenvalue weighted by atomic mass is 9.86. The van der Waals surface area contributed by atoms with Crippen LogP contribution in [0.3, 0.4) is 0 Å². The number of rotatable bonds is 6. The van der Waals surface area contributed by atoms with Crippen LogP contribution in [0.5, 0.6) is 0 Å². The summed E-state index contributed by atoms with van der Waals surface area (Å²) in [7, 11) is 0. The fourth-order valence-electron chi connectivity index (χ4n) is 5.66. The van der Waals surface area contributed by atoms with E-state index in [2.05, 4.69) is 9.97 Å². The third-order valence-corrected chi connectivity index (χ3v) is 7.12. The van der Waals surface area contributed by atoms with E-state index in [0.29, 0.717) is 42.2 Å². The number of fused-ring (bicyclic) bond motifs is 3. The van der Waals surface area contributed by atoms with Gasteiger partial charge in [-0.15, -0.1) is 0 Å². The van der Waals surface area contributed by atoms with E-state index in [1.807, 2.05) is 23.1 Å². The SMILES string of the molecule is O=C(CC1CC2CCC1C2)N(Cc1nc2ccccc2c(=O)[nH]1)CC1CCCO1. The molecule has 1 saturated heterocycles. The van der Waals surface area contributed by atoms with Crippen molar-refractivity contribution in [2.75, 3.05) is 13.2 Å². The van der Waals surface area contributed by atoms with E-state index >= 15 is 0 Å². The second-order valence-corrected chi connectivity index (χ2v) is 9.08. The predicted octanol–water partition coefficient (Wildman–Crippen LogP) is 3.26. The van der Waals surface area contributed by atoms with Crippen LogP contribution < -0.4 is 5.56 Å². The Balaban J connectivity index is 1.35. The summed E-state index contributed by atoms with van der Waals surface area (Å²) >= 11 is 0. The zero-order valence-corrected chi connectivity index (χ0v) is 16.8. The van der Waals surface area contributed by atoms with Crippen molar-refractivity contribution in [3.05, 3.63) is 40.4 Å². The van der Waals surface area contributed by atoms with E-state index in [1.165, 1.54) is 25.7 Å². The van der Waals surface area contributed by atoms with Crippen molar-refractivity contribution in [3.8, 4) is 0 Å². The maximum atomic E-state index is 13.3. The minimum Gasteiger partial charge on any atom is -0.376 e. The van der Waals surface area contributed by atoms with Crippen LogP contribution in [0.25, 0.3) is 10.9 Å². The van der Waals surface area contributed by atoms with Crippen LogP contribution in [0, 0.1) is 17.8 Å². The number of nitrogens with one attached hydrogen (secondary N) is 1. The van der Waals surface area contributed by atoms with Crippen LogP contribution in [0.1, 0.15) is 50.8 Å². The summed E-state index contributed by atoms with van der Waals surface area (Å²) in [5.41, 5.74) is 0.520. The number of amides is 1. The number of nitrogens with zero attached hydrogens (tertiary/aromatic N) is 2. The van der Waals surface area contributed by atoms with E-state index < -0.39 is 0 Å². The second-order valence-electron chi connectivity index (χ2n) is 9.08. The summed E-state index contributed by atoms with van der Waals surface area (Å²) in [5, 5.41) is 0.579. The summed E-state index contributed by atoms with van der Waals surface area (Å²) in [6.45, 7) is 1.68. The minimum absolute atomic E-state index is 0.0890. The van der Waals surface area contributed by atoms with Crippen molar-refractivity contribution >= 4 is 16.8 Å². The third kappa shape index (κ3) is 3.95. The molecule has 154 valence electrons. The molecule has 2 bridgehead atoms. The fraction of sp³-hybridized carbons (Fsp3) is 0.609. The van der Waals surface area contributed by atoms with Crippen LogP contribution >= 0.6 is 0 Å². The van der Waals surface area contributed by atoms with E-state index in [-0.39, 0.29) is 17.6 Å². The Morgan fingerprint density at radius 1 is 1.21 bits per heavy atom. The Labute approximate surface area is 170 Å². The Hall–Kier alpha value is -2.21. The lowest BCUT2D eigenvalue weighted by Crippen LogP contribution is -2.39. The number of aromatic nitrogens is 2. The molecular formula is C23H29N3O3. The Kier molecular flexibility index (Phi) is 5.12. The highest BCUT2D eigenvalue weighted by Gasteiger charge is 2.40. The van der Waals surface area contributed by atoms with Gasteiger partial charge < -0.3 is 14.6 Å². The van der Waals surface area contributed by atoms with Gasteiger partial charge in [-0.3, -0.25) is 9.59 Å². The van der Waals surface area contributed by atoms with Crippen LogP contribution in [0.4, 0.5) is 0 Å². The molecule has 2 saturated carbocycles. The molecule has 3 fully saturated rings. The number of aromatic amines is 1. The highest BCUT2D eigenvalue weighted by Crippen LogP contribution is 2.49. The molecule has 1 N–H and O–H groups in total. The third-order valence-electron chi connectivity index (χ3n) is 7.12. The van der Waals surface area contributed by atoms with E-state index in [9.17, 15) is 9.59 Å². The predicted molar refractivity (Wildman–Crippen MR) is 110 cm³/mol. The first-order valence-corrected chi connectivity index (χ1v) is 11.0. The molecule has 3 aliphatic rings. The number of hydrogen-bond acceptors (Lipinski definition) is 4. The number of para-hydroxylation sites is 1. The molecule has 0 spiro atoms. The molecular weight excluding hydrogens is 366 g/mol. The quantitative estimate of drug-likeness (QED) is 0.815. The van der Waals surface area contributed by atoms with Gasteiger partial charge in [0.05, 0.1) is 23.6 Å². The summed E-state index contributed by atoms with van der Waals surface area (Å²) < 4.78 is 5.80. The maximum absolute atomic E-state index is 13.3. The smallest absolute Gasteiger partial charge is 0.258 e. The summed E-state index contributed by atoms with van der Waals surface area (Å²) in [5.74, 6) is 2.81. The van der Waals surface area contributed by atoms with Crippen LogP contribution in [0.2, 0.25) is 0 Å². The Morgan fingerprint density at radius 2 is 2.10 bits per heavy atom. The first-order valence-electron chi connectivity index (χ1n) is 11.0. The minimum atomic E-state index is -0.150. The summed E-state index contributed by atoms with van der Waals surface area (Å²) in [6.07, 6.45) is 7.88. The zero-order chi connectivity index (χ0) is 19.8. The number of hydrogen-bond donors (Lipinski definition) is 1. The van der Waals surface area contributed by atoms with E-state index in [1.54, 1.807) is 6.07 Å². The van der Waals surface area contributed by atoms with E-state index in [0.717, 1.165) is 31.3 Å². The molecule has 29 heavy (non-hydrogen) atoms. The molecule has 2 aromatic rings. The number of ether oxygens (including phenoxy) is 1. The average Bonchev–Trinajstić information content (AvgIpc) is 3.46. The van der Waals surface area contributed by atoms with Crippen molar-refractivity contribution < 1.29 is 9.53 Å². The molecule has 1 aliphatic heterocycles. The van der Waals surface area contributed by atoms with Crippen molar-refractivity contribution in [1.82, 2.24) is 14.9 Å². The summed E-state index contributed by atoms with van der Waals surface area (Å²) in [6, 6.07) is 7.33. The van der Waals surface area contributed by atoms with Gasteiger partial charge in [-0.1, -0.05) is 18.6 Å². The first kappa shape index (κ1) is 18.8. The van der Waals surface area contributed by atoms with Gasteiger partial charge in [-0.2, -0.15) is 0 Å². The molecule has 6 heteroatoms. The van der Waals surface area contributed by atoms with Crippen molar-refractivity contribution in [3.63, 3.8) is 0 Å². The highest BCUT2D eigenvalue weighted by atomic mass is 16.5. The number of benzene rings is 1. The molecule has 2 aliphatic carbocycles. The molecule has 1 aromatic heterocycles. The van der Waals surface area contributed by atoms with Crippen molar-refractivity contribution in [2.24, 2.45) is 17.8 Å².